The molecule has 2 aromatic rings. The Kier molecular flexibility index (Phi) is 5.88. The second kappa shape index (κ2) is 8.62. The van der Waals surface area contributed by atoms with Gasteiger partial charge in [0.2, 0.25) is 23.7 Å². The van der Waals surface area contributed by atoms with Gasteiger partial charge < -0.3 is 21.3 Å². The highest BCUT2D eigenvalue weighted by Crippen LogP contribution is 2.31. The third-order valence-corrected chi connectivity index (χ3v) is 6.14. The summed E-state index contributed by atoms with van der Waals surface area (Å²) in [6.45, 7) is 2.79. The van der Waals surface area contributed by atoms with E-state index >= 15 is 0 Å². The fourth-order valence-corrected chi connectivity index (χ4v) is 4.23. The molecule has 2 aliphatic rings. The average molecular weight is 459 g/mol. The Balaban J connectivity index is 1.61. The van der Waals surface area contributed by atoms with E-state index in [1.165, 1.54) is 0 Å². The first-order chi connectivity index (χ1) is 15.2. The van der Waals surface area contributed by atoms with Gasteiger partial charge in [-0.3, -0.25) is 24.2 Å². The summed E-state index contributed by atoms with van der Waals surface area (Å²) in [5.41, 5.74) is 6.29. The smallest absolute Gasteiger partial charge is 0.258 e. The number of rotatable bonds is 4. The Morgan fingerprint density at radius 2 is 1.97 bits per heavy atom. The zero-order chi connectivity index (χ0) is 23.0. The van der Waals surface area contributed by atoms with Crippen LogP contribution in [0.5, 0.6) is 0 Å². The van der Waals surface area contributed by atoms with E-state index in [2.05, 4.69) is 20.6 Å². The van der Waals surface area contributed by atoms with Gasteiger partial charge in [-0.15, -0.1) is 0 Å². The Bertz CT molecular complexity index is 1160. The molecule has 4 rings (SSSR count). The Labute approximate surface area is 188 Å². The Morgan fingerprint density at radius 1 is 1.25 bits per heavy atom. The van der Waals surface area contributed by atoms with E-state index in [4.69, 9.17) is 17.3 Å². The number of primary amides is 1. The number of fused-ring (bicyclic) bond motifs is 1. The monoisotopic (exact) mass is 458 g/mol. The van der Waals surface area contributed by atoms with E-state index in [-0.39, 0.29) is 35.6 Å². The minimum atomic E-state index is -0.997. The Hall–Kier alpha value is -3.40. The van der Waals surface area contributed by atoms with Crippen LogP contribution in [0.3, 0.4) is 0 Å². The molecule has 3 amide bonds. The molecule has 1 saturated heterocycles. The van der Waals surface area contributed by atoms with Gasteiger partial charge in [0.15, 0.2) is 0 Å². The fraction of sp³-hybridized carbons (Fsp3) is 0.381. The van der Waals surface area contributed by atoms with Crippen LogP contribution >= 0.6 is 11.6 Å². The van der Waals surface area contributed by atoms with Crippen molar-refractivity contribution in [2.45, 2.75) is 32.1 Å². The van der Waals surface area contributed by atoms with Crippen LogP contribution in [0.15, 0.2) is 23.0 Å². The first-order valence-corrected chi connectivity index (χ1v) is 10.7. The van der Waals surface area contributed by atoms with Gasteiger partial charge in [0.05, 0.1) is 11.5 Å². The van der Waals surface area contributed by atoms with E-state index in [0.29, 0.717) is 36.6 Å². The molecule has 1 atom stereocenters. The molecule has 0 radical (unpaired) electrons. The van der Waals surface area contributed by atoms with Crippen molar-refractivity contribution in [3.8, 4) is 0 Å². The van der Waals surface area contributed by atoms with Crippen molar-refractivity contribution >= 4 is 46.8 Å². The number of nitrogens with two attached hydrogens (primary N) is 1. The average Bonchev–Trinajstić information content (AvgIpc) is 2.75. The number of H-pyrrole nitrogens is 1. The summed E-state index contributed by atoms with van der Waals surface area (Å²) in [4.78, 5) is 58.6. The number of hydrogen-bond donors (Lipinski definition) is 4. The molecule has 2 aliphatic heterocycles. The third-order valence-electron chi connectivity index (χ3n) is 5.91. The van der Waals surface area contributed by atoms with Crippen LogP contribution in [-0.4, -0.2) is 40.8 Å². The molecular weight excluding hydrogens is 436 g/mol. The molecule has 11 heteroatoms. The van der Waals surface area contributed by atoms with E-state index in [9.17, 15) is 19.2 Å². The molecular formula is C21H23ClN6O4. The maximum Gasteiger partial charge on any atom is 0.258 e. The van der Waals surface area contributed by atoms with Crippen molar-refractivity contribution in [3.63, 3.8) is 0 Å². The lowest BCUT2D eigenvalue weighted by Gasteiger charge is -2.32. The molecule has 0 aliphatic carbocycles. The van der Waals surface area contributed by atoms with E-state index in [1.54, 1.807) is 18.2 Å². The largest absolute Gasteiger partial charge is 0.369 e. The summed E-state index contributed by atoms with van der Waals surface area (Å²) in [6, 6.07) is 5.08. The number of nitrogens with zero attached hydrogens (tertiary/aromatic N) is 2. The lowest BCUT2D eigenvalue weighted by Crippen LogP contribution is -2.41. The molecule has 1 aromatic carbocycles. The van der Waals surface area contributed by atoms with Crippen LogP contribution in [0.4, 0.5) is 17.5 Å². The number of carbonyl (C=O) groups is 3. The predicted octanol–water partition coefficient (Wildman–Crippen LogP) is 1.50. The second-order valence-electron chi connectivity index (χ2n) is 8.07. The number of benzene rings is 1. The SMILES string of the molecule is Cc1ccc(Cl)cc1NC(=O)[C@H]1CC(=O)Nc2nc(N3CCC(C(N)=O)CC3)[nH]c(=O)c21. The van der Waals surface area contributed by atoms with Crippen LogP contribution in [0, 0.1) is 12.8 Å². The van der Waals surface area contributed by atoms with Gasteiger partial charge in [0, 0.05) is 36.1 Å². The second-order valence-corrected chi connectivity index (χ2v) is 8.51. The number of aryl methyl sites for hydroxylation is 1. The van der Waals surface area contributed by atoms with Crippen molar-refractivity contribution in [3.05, 3.63) is 44.7 Å². The maximum atomic E-state index is 13.0. The van der Waals surface area contributed by atoms with Crippen LogP contribution < -0.4 is 26.8 Å². The maximum absolute atomic E-state index is 13.0. The van der Waals surface area contributed by atoms with Gasteiger partial charge in [-0.1, -0.05) is 17.7 Å². The predicted molar refractivity (Wildman–Crippen MR) is 120 cm³/mol. The molecule has 5 N–H and O–H groups in total. The van der Waals surface area contributed by atoms with Crippen molar-refractivity contribution in [1.82, 2.24) is 9.97 Å². The van der Waals surface area contributed by atoms with Gasteiger partial charge in [0.25, 0.3) is 5.56 Å². The zero-order valence-electron chi connectivity index (χ0n) is 17.4. The lowest BCUT2D eigenvalue weighted by atomic mass is 9.92. The van der Waals surface area contributed by atoms with E-state index < -0.39 is 23.3 Å². The first-order valence-electron chi connectivity index (χ1n) is 10.3. The first kappa shape index (κ1) is 21.8. The summed E-state index contributed by atoms with van der Waals surface area (Å²) >= 11 is 6.02. The van der Waals surface area contributed by atoms with Crippen molar-refractivity contribution in [2.24, 2.45) is 11.7 Å². The van der Waals surface area contributed by atoms with Gasteiger partial charge in [-0.2, -0.15) is 4.98 Å². The van der Waals surface area contributed by atoms with Crippen LogP contribution in [0.1, 0.15) is 36.3 Å². The standard InChI is InChI=1S/C21H23ClN6O4/c1-10-2-3-12(22)8-14(10)24-19(31)13-9-15(29)25-18-16(13)20(32)27-21(26-18)28-6-4-11(5-7-28)17(23)30/h2-3,8,11,13H,4-7,9H2,1H3,(H2,23,30)(H,24,31)(H2,25,26,27,29,32)/t13-/m0/s1. The highest BCUT2D eigenvalue weighted by molar-refractivity contribution is 6.31. The van der Waals surface area contributed by atoms with Crippen molar-refractivity contribution in [2.75, 3.05) is 28.6 Å². The van der Waals surface area contributed by atoms with Crippen LogP contribution in [0.2, 0.25) is 5.02 Å². The van der Waals surface area contributed by atoms with Gasteiger partial charge in [0.1, 0.15) is 5.82 Å². The van der Waals surface area contributed by atoms with E-state index in [0.717, 1.165) is 5.56 Å². The number of halogens is 1. The number of aromatic nitrogens is 2. The quantitative estimate of drug-likeness (QED) is 0.545. The molecule has 0 bridgehead atoms. The van der Waals surface area contributed by atoms with E-state index in [1.807, 2.05) is 11.8 Å². The highest BCUT2D eigenvalue weighted by Gasteiger charge is 2.35. The molecule has 32 heavy (non-hydrogen) atoms. The topological polar surface area (TPSA) is 150 Å². The molecule has 1 fully saturated rings. The number of piperidine rings is 1. The van der Waals surface area contributed by atoms with Crippen LogP contribution in [0.25, 0.3) is 0 Å². The lowest BCUT2D eigenvalue weighted by molar-refractivity contribution is -0.123. The molecule has 3 heterocycles. The fourth-order valence-electron chi connectivity index (χ4n) is 4.06. The molecule has 0 unspecified atom stereocenters. The minimum absolute atomic E-state index is 0.0694. The summed E-state index contributed by atoms with van der Waals surface area (Å²) in [5, 5.41) is 5.82. The summed E-state index contributed by atoms with van der Waals surface area (Å²) in [6.07, 6.45) is 0.922. The molecule has 10 nitrogen and oxygen atoms in total. The van der Waals surface area contributed by atoms with Gasteiger partial charge >= 0.3 is 0 Å². The molecule has 0 saturated carbocycles. The van der Waals surface area contributed by atoms with Gasteiger partial charge in [-0.25, -0.2) is 0 Å². The minimum Gasteiger partial charge on any atom is -0.369 e. The number of carbonyl (C=O) groups excluding carboxylic acids is 3. The van der Waals surface area contributed by atoms with Crippen LogP contribution in [-0.2, 0) is 14.4 Å². The summed E-state index contributed by atoms with van der Waals surface area (Å²) < 4.78 is 0. The number of hydrogen-bond acceptors (Lipinski definition) is 6. The normalized spacial score (nSPS) is 18.6. The number of anilines is 3. The molecule has 168 valence electrons. The number of nitrogens with one attached hydrogen (secondary N) is 3. The number of aromatic amines is 1. The van der Waals surface area contributed by atoms with Gasteiger partial charge in [-0.05, 0) is 37.5 Å². The highest BCUT2D eigenvalue weighted by atomic mass is 35.5. The van der Waals surface area contributed by atoms with Crippen molar-refractivity contribution in [1.29, 1.82) is 0 Å². The summed E-state index contributed by atoms with van der Waals surface area (Å²) in [7, 11) is 0. The zero-order valence-corrected chi connectivity index (χ0v) is 18.2. The summed E-state index contributed by atoms with van der Waals surface area (Å²) in [5.74, 6) is -2.09. The Morgan fingerprint density at radius 3 is 2.66 bits per heavy atom. The van der Waals surface area contributed by atoms with Crippen molar-refractivity contribution < 1.29 is 14.4 Å². The molecule has 0 spiro atoms. The third kappa shape index (κ3) is 4.31. The number of amides is 3. The molecule has 1 aromatic heterocycles.